The van der Waals surface area contributed by atoms with E-state index in [0.717, 1.165) is 12.7 Å². The third kappa shape index (κ3) is 2.70. The third-order valence-electron chi connectivity index (χ3n) is 3.02. The van der Waals surface area contributed by atoms with E-state index in [1.165, 1.54) is 12.1 Å². The fourth-order valence-corrected chi connectivity index (χ4v) is 2.68. The molecule has 18 heavy (non-hydrogen) atoms. The number of hydrogen-bond acceptors (Lipinski definition) is 4. The molecule has 1 aliphatic rings. The first-order valence-corrected chi connectivity index (χ1v) is 7.62. The summed E-state index contributed by atoms with van der Waals surface area (Å²) in [5.74, 6) is -0.159. The summed E-state index contributed by atoms with van der Waals surface area (Å²) >= 11 is 0. The molecule has 1 amide bonds. The summed E-state index contributed by atoms with van der Waals surface area (Å²) in [4.78, 5) is 14.0. The zero-order chi connectivity index (χ0) is 13.3. The first kappa shape index (κ1) is 13.0. The highest BCUT2D eigenvalue weighted by Crippen LogP contribution is 2.16. The van der Waals surface area contributed by atoms with Crippen LogP contribution in [-0.4, -0.2) is 44.6 Å². The van der Waals surface area contributed by atoms with Crippen LogP contribution in [0.5, 0.6) is 0 Å². The van der Waals surface area contributed by atoms with E-state index in [1.54, 1.807) is 17.0 Å². The number of amides is 1. The SMILES string of the molecule is CS(=O)(=O)c1cccc(C(=O)N2CC[C@H](N)C2)c1. The second-order valence-electron chi connectivity index (χ2n) is 4.60. The number of sulfone groups is 1. The number of carbonyl (C=O) groups excluding carboxylic acids is 1. The van der Waals surface area contributed by atoms with E-state index >= 15 is 0 Å². The highest BCUT2D eigenvalue weighted by atomic mass is 32.2. The Hall–Kier alpha value is -1.40. The molecule has 1 fully saturated rings. The Morgan fingerprint density at radius 3 is 2.72 bits per heavy atom. The van der Waals surface area contributed by atoms with Gasteiger partial charge >= 0.3 is 0 Å². The van der Waals surface area contributed by atoms with Crippen LogP contribution in [0.4, 0.5) is 0 Å². The summed E-state index contributed by atoms with van der Waals surface area (Å²) in [5, 5.41) is 0. The highest BCUT2D eigenvalue weighted by Gasteiger charge is 2.24. The lowest BCUT2D eigenvalue weighted by Gasteiger charge is -2.16. The first-order chi connectivity index (χ1) is 8.38. The lowest BCUT2D eigenvalue weighted by molar-refractivity contribution is 0.0790. The Bertz CT molecular complexity index is 568. The van der Waals surface area contributed by atoms with Gasteiger partial charge in [0.2, 0.25) is 0 Å². The van der Waals surface area contributed by atoms with Crippen LogP contribution in [0.15, 0.2) is 29.2 Å². The van der Waals surface area contributed by atoms with Crippen molar-refractivity contribution in [2.24, 2.45) is 5.73 Å². The molecule has 1 aliphatic heterocycles. The van der Waals surface area contributed by atoms with E-state index in [-0.39, 0.29) is 16.8 Å². The van der Waals surface area contributed by atoms with Gasteiger partial charge in [0, 0.05) is 31.0 Å². The zero-order valence-corrected chi connectivity index (χ0v) is 11.0. The summed E-state index contributed by atoms with van der Waals surface area (Å²) in [5.41, 5.74) is 6.15. The van der Waals surface area contributed by atoms with Crippen LogP contribution in [0.1, 0.15) is 16.8 Å². The number of benzene rings is 1. The molecular weight excluding hydrogens is 252 g/mol. The quantitative estimate of drug-likeness (QED) is 0.834. The largest absolute Gasteiger partial charge is 0.337 e. The summed E-state index contributed by atoms with van der Waals surface area (Å²) in [6.45, 7) is 1.16. The van der Waals surface area contributed by atoms with Crippen LogP contribution in [0.2, 0.25) is 0 Å². The average molecular weight is 268 g/mol. The maximum Gasteiger partial charge on any atom is 0.253 e. The van der Waals surface area contributed by atoms with Crippen molar-refractivity contribution >= 4 is 15.7 Å². The van der Waals surface area contributed by atoms with Crippen molar-refractivity contribution in [2.45, 2.75) is 17.4 Å². The summed E-state index contributed by atoms with van der Waals surface area (Å²) in [6.07, 6.45) is 1.92. The van der Waals surface area contributed by atoms with Gasteiger partial charge < -0.3 is 10.6 Å². The van der Waals surface area contributed by atoms with E-state index in [2.05, 4.69) is 0 Å². The van der Waals surface area contributed by atoms with Crippen LogP contribution in [0, 0.1) is 0 Å². The zero-order valence-electron chi connectivity index (χ0n) is 10.2. The number of nitrogens with zero attached hydrogens (tertiary/aromatic N) is 1. The van der Waals surface area contributed by atoms with Gasteiger partial charge in [-0.15, -0.1) is 0 Å². The van der Waals surface area contributed by atoms with Crippen molar-refractivity contribution in [2.75, 3.05) is 19.3 Å². The summed E-state index contributed by atoms with van der Waals surface area (Å²) in [6, 6.07) is 6.14. The first-order valence-electron chi connectivity index (χ1n) is 5.73. The molecule has 6 heteroatoms. The number of carbonyl (C=O) groups is 1. The molecule has 0 spiro atoms. The molecule has 1 atom stereocenters. The predicted octanol–water partition coefficient (Wildman–Crippen LogP) is 0.263. The molecule has 0 aliphatic carbocycles. The Kier molecular flexibility index (Phi) is 3.41. The number of likely N-dealkylation sites (tertiary alicyclic amines) is 1. The molecule has 0 bridgehead atoms. The maximum absolute atomic E-state index is 12.1. The molecule has 1 aromatic rings. The Morgan fingerprint density at radius 2 is 2.17 bits per heavy atom. The third-order valence-corrected chi connectivity index (χ3v) is 4.13. The van der Waals surface area contributed by atoms with Gasteiger partial charge in [0.1, 0.15) is 0 Å². The second kappa shape index (κ2) is 4.70. The van der Waals surface area contributed by atoms with Gasteiger partial charge in [-0.05, 0) is 24.6 Å². The molecule has 98 valence electrons. The van der Waals surface area contributed by atoms with Gasteiger partial charge in [-0.2, -0.15) is 0 Å². The molecule has 2 rings (SSSR count). The van der Waals surface area contributed by atoms with E-state index in [1.807, 2.05) is 0 Å². The number of hydrogen-bond donors (Lipinski definition) is 1. The van der Waals surface area contributed by atoms with E-state index in [4.69, 9.17) is 5.73 Å². The van der Waals surface area contributed by atoms with Crippen molar-refractivity contribution < 1.29 is 13.2 Å². The van der Waals surface area contributed by atoms with Crippen molar-refractivity contribution in [3.63, 3.8) is 0 Å². The van der Waals surface area contributed by atoms with Gasteiger partial charge in [0.25, 0.3) is 5.91 Å². The number of nitrogens with two attached hydrogens (primary N) is 1. The molecule has 0 radical (unpaired) electrons. The van der Waals surface area contributed by atoms with Crippen LogP contribution in [0.25, 0.3) is 0 Å². The predicted molar refractivity (Wildman–Crippen MR) is 68.0 cm³/mol. The molecule has 1 saturated heterocycles. The van der Waals surface area contributed by atoms with E-state index in [9.17, 15) is 13.2 Å². The van der Waals surface area contributed by atoms with Crippen molar-refractivity contribution in [3.05, 3.63) is 29.8 Å². The lowest BCUT2D eigenvalue weighted by Crippen LogP contribution is -2.31. The van der Waals surface area contributed by atoms with Gasteiger partial charge in [0.05, 0.1) is 4.90 Å². The molecule has 0 aromatic heterocycles. The van der Waals surface area contributed by atoms with Crippen LogP contribution < -0.4 is 5.73 Å². The second-order valence-corrected chi connectivity index (χ2v) is 6.62. The fraction of sp³-hybridized carbons (Fsp3) is 0.417. The molecule has 2 N–H and O–H groups in total. The topological polar surface area (TPSA) is 80.5 Å². The Labute approximate surface area is 107 Å². The molecule has 1 aromatic carbocycles. The van der Waals surface area contributed by atoms with Crippen LogP contribution >= 0.6 is 0 Å². The molecule has 1 heterocycles. The van der Waals surface area contributed by atoms with Gasteiger partial charge in [-0.3, -0.25) is 4.79 Å². The average Bonchev–Trinajstić information content (AvgIpc) is 2.74. The minimum atomic E-state index is -3.29. The van der Waals surface area contributed by atoms with Crippen molar-refractivity contribution in [1.29, 1.82) is 0 Å². The van der Waals surface area contributed by atoms with Crippen LogP contribution in [-0.2, 0) is 9.84 Å². The van der Waals surface area contributed by atoms with Gasteiger partial charge in [-0.25, -0.2) is 8.42 Å². The Balaban J connectivity index is 2.26. The molecule has 0 unspecified atom stereocenters. The van der Waals surface area contributed by atoms with E-state index < -0.39 is 9.84 Å². The van der Waals surface area contributed by atoms with E-state index in [0.29, 0.717) is 18.7 Å². The lowest BCUT2D eigenvalue weighted by atomic mass is 10.2. The fourth-order valence-electron chi connectivity index (χ4n) is 2.01. The smallest absolute Gasteiger partial charge is 0.253 e. The van der Waals surface area contributed by atoms with Gasteiger partial charge in [0.15, 0.2) is 9.84 Å². The van der Waals surface area contributed by atoms with Crippen molar-refractivity contribution in [3.8, 4) is 0 Å². The monoisotopic (exact) mass is 268 g/mol. The minimum Gasteiger partial charge on any atom is -0.337 e. The Morgan fingerprint density at radius 1 is 1.44 bits per heavy atom. The summed E-state index contributed by atoms with van der Waals surface area (Å²) < 4.78 is 22.9. The molecule has 5 nitrogen and oxygen atoms in total. The van der Waals surface area contributed by atoms with Crippen molar-refractivity contribution in [1.82, 2.24) is 4.90 Å². The minimum absolute atomic E-state index is 0.0204. The number of rotatable bonds is 2. The molecule has 0 saturated carbocycles. The highest BCUT2D eigenvalue weighted by molar-refractivity contribution is 7.90. The molecular formula is C12H16N2O3S. The standard InChI is InChI=1S/C12H16N2O3S/c1-18(16,17)11-4-2-3-9(7-11)12(15)14-6-5-10(13)8-14/h2-4,7,10H,5-6,8,13H2,1H3/t10-/m0/s1. The van der Waals surface area contributed by atoms with Gasteiger partial charge in [-0.1, -0.05) is 6.07 Å². The summed E-state index contributed by atoms with van der Waals surface area (Å²) in [7, 11) is -3.29. The van der Waals surface area contributed by atoms with Crippen LogP contribution in [0.3, 0.4) is 0 Å². The maximum atomic E-state index is 12.1. The normalized spacial score (nSPS) is 20.1.